The average Bonchev–Trinajstić information content (AvgIpc) is 3.14. The molecule has 2 aliphatic rings. The fourth-order valence-electron chi connectivity index (χ4n) is 3.30. The third kappa shape index (κ3) is 4.34. The second-order valence-corrected chi connectivity index (χ2v) is 7.50. The third-order valence-electron chi connectivity index (χ3n) is 4.83. The first-order chi connectivity index (χ1) is 13.2. The summed E-state index contributed by atoms with van der Waals surface area (Å²) in [5.41, 5.74) is 2.21. The molecule has 2 heterocycles. The lowest BCUT2D eigenvalue weighted by Crippen LogP contribution is -2.47. The van der Waals surface area contributed by atoms with Gasteiger partial charge in [0.25, 0.3) is 0 Å². The van der Waals surface area contributed by atoms with Gasteiger partial charge < -0.3 is 14.4 Å². The number of carbonyl (C=O) groups excluding carboxylic acids is 1. The lowest BCUT2D eigenvalue weighted by Gasteiger charge is -2.34. The molecule has 1 amide bonds. The first-order valence-corrected chi connectivity index (χ1v) is 9.81. The Labute approximate surface area is 167 Å². The first-order valence-electron chi connectivity index (χ1n) is 9.01. The molecule has 6 heteroatoms. The van der Waals surface area contributed by atoms with Gasteiger partial charge in [0, 0.05) is 43.3 Å². The molecular weight excluding hydrogens is 408 g/mol. The number of benzene rings is 2. The maximum atomic E-state index is 12.5. The Morgan fingerprint density at radius 3 is 2.48 bits per heavy atom. The number of fused-ring (bicyclic) bond motifs is 1. The lowest BCUT2D eigenvalue weighted by atomic mass is 10.1. The van der Waals surface area contributed by atoms with Gasteiger partial charge in [-0.25, -0.2) is 0 Å². The molecule has 2 aromatic carbocycles. The smallest absolute Gasteiger partial charge is 0.246 e. The van der Waals surface area contributed by atoms with Gasteiger partial charge in [-0.3, -0.25) is 9.69 Å². The zero-order valence-electron chi connectivity index (χ0n) is 14.9. The van der Waals surface area contributed by atoms with Crippen molar-refractivity contribution in [3.05, 3.63) is 64.1 Å². The average molecular weight is 429 g/mol. The van der Waals surface area contributed by atoms with Crippen LogP contribution < -0.4 is 9.47 Å². The van der Waals surface area contributed by atoms with E-state index in [4.69, 9.17) is 9.47 Å². The van der Waals surface area contributed by atoms with Crippen molar-refractivity contribution in [3.63, 3.8) is 0 Å². The van der Waals surface area contributed by atoms with E-state index >= 15 is 0 Å². The number of carbonyl (C=O) groups is 1. The number of rotatable bonds is 4. The van der Waals surface area contributed by atoms with Gasteiger partial charge in [0.1, 0.15) is 0 Å². The highest BCUT2D eigenvalue weighted by atomic mass is 79.9. The van der Waals surface area contributed by atoms with E-state index in [1.807, 2.05) is 29.2 Å². The molecule has 0 spiro atoms. The SMILES string of the molecule is O=C(/C=C/c1cc2c(cc1Br)OCO2)N1CCN(Cc2ccccc2)CC1. The first kappa shape index (κ1) is 18.1. The predicted molar refractivity (Wildman–Crippen MR) is 108 cm³/mol. The van der Waals surface area contributed by atoms with E-state index in [-0.39, 0.29) is 12.7 Å². The molecule has 2 aliphatic heterocycles. The van der Waals surface area contributed by atoms with Crippen molar-refractivity contribution in [1.29, 1.82) is 0 Å². The van der Waals surface area contributed by atoms with Gasteiger partial charge in [-0.2, -0.15) is 0 Å². The van der Waals surface area contributed by atoms with Crippen molar-refractivity contribution in [2.75, 3.05) is 33.0 Å². The number of hydrogen-bond donors (Lipinski definition) is 0. The number of halogens is 1. The van der Waals surface area contributed by atoms with Gasteiger partial charge in [-0.15, -0.1) is 0 Å². The molecule has 0 aromatic heterocycles. The summed E-state index contributed by atoms with van der Waals surface area (Å²) in [6, 6.07) is 14.2. The van der Waals surface area contributed by atoms with Crippen LogP contribution in [-0.2, 0) is 11.3 Å². The van der Waals surface area contributed by atoms with Crippen LogP contribution in [0, 0.1) is 0 Å². The lowest BCUT2D eigenvalue weighted by molar-refractivity contribution is -0.127. The third-order valence-corrected chi connectivity index (χ3v) is 5.52. The van der Waals surface area contributed by atoms with Gasteiger partial charge in [0.05, 0.1) is 0 Å². The molecule has 140 valence electrons. The van der Waals surface area contributed by atoms with Crippen LogP contribution >= 0.6 is 15.9 Å². The Balaban J connectivity index is 1.33. The molecule has 0 atom stereocenters. The van der Waals surface area contributed by atoms with Crippen molar-refractivity contribution in [2.24, 2.45) is 0 Å². The van der Waals surface area contributed by atoms with Crippen molar-refractivity contribution < 1.29 is 14.3 Å². The van der Waals surface area contributed by atoms with Crippen molar-refractivity contribution >= 4 is 27.9 Å². The van der Waals surface area contributed by atoms with E-state index in [1.165, 1.54) is 5.56 Å². The molecule has 0 unspecified atom stereocenters. The van der Waals surface area contributed by atoms with E-state index in [9.17, 15) is 4.79 Å². The summed E-state index contributed by atoms with van der Waals surface area (Å²) in [6.45, 7) is 4.45. The second-order valence-electron chi connectivity index (χ2n) is 6.65. The monoisotopic (exact) mass is 428 g/mol. The molecule has 0 radical (unpaired) electrons. The highest BCUT2D eigenvalue weighted by molar-refractivity contribution is 9.10. The largest absolute Gasteiger partial charge is 0.454 e. The van der Waals surface area contributed by atoms with E-state index in [0.29, 0.717) is 5.75 Å². The minimum atomic E-state index is 0.0407. The summed E-state index contributed by atoms with van der Waals surface area (Å²) in [5.74, 6) is 1.47. The summed E-state index contributed by atoms with van der Waals surface area (Å²) in [5, 5.41) is 0. The van der Waals surface area contributed by atoms with Crippen LogP contribution in [0.2, 0.25) is 0 Å². The highest BCUT2D eigenvalue weighted by Gasteiger charge is 2.20. The van der Waals surface area contributed by atoms with Crippen molar-refractivity contribution in [2.45, 2.75) is 6.54 Å². The van der Waals surface area contributed by atoms with Crippen LogP contribution in [-0.4, -0.2) is 48.7 Å². The van der Waals surface area contributed by atoms with Gasteiger partial charge in [0.2, 0.25) is 12.7 Å². The summed E-state index contributed by atoms with van der Waals surface area (Å²) in [4.78, 5) is 16.8. The summed E-state index contributed by atoms with van der Waals surface area (Å²) < 4.78 is 11.6. The molecule has 0 saturated carbocycles. The Morgan fingerprint density at radius 1 is 1.04 bits per heavy atom. The van der Waals surface area contributed by atoms with Crippen LogP contribution in [0.25, 0.3) is 6.08 Å². The number of amides is 1. The fraction of sp³-hybridized carbons (Fsp3) is 0.286. The minimum absolute atomic E-state index is 0.0407. The highest BCUT2D eigenvalue weighted by Crippen LogP contribution is 2.37. The molecule has 27 heavy (non-hydrogen) atoms. The zero-order valence-corrected chi connectivity index (χ0v) is 16.5. The predicted octanol–water partition coefficient (Wildman–Crippen LogP) is 3.54. The fourth-order valence-corrected chi connectivity index (χ4v) is 3.75. The second kappa shape index (κ2) is 8.15. The zero-order chi connectivity index (χ0) is 18.6. The number of piperazine rings is 1. The van der Waals surface area contributed by atoms with E-state index in [0.717, 1.165) is 48.5 Å². The number of nitrogens with zero attached hydrogens (tertiary/aromatic N) is 2. The molecule has 1 fully saturated rings. The van der Waals surface area contributed by atoms with Crippen LogP contribution in [0.15, 0.2) is 53.0 Å². The van der Waals surface area contributed by atoms with Gasteiger partial charge >= 0.3 is 0 Å². The van der Waals surface area contributed by atoms with Crippen molar-refractivity contribution in [3.8, 4) is 11.5 Å². The van der Waals surface area contributed by atoms with Gasteiger partial charge in [0.15, 0.2) is 11.5 Å². The van der Waals surface area contributed by atoms with Gasteiger partial charge in [-0.1, -0.05) is 46.3 Å². The van der Waals surface area contributed by atoms with Crippen molar-refractivity contribution in [1.82, 2.24) is 9.80 Å². The van der Waals surface area contributed by atoms with Crippen LogP contribution in [0.1, 0.15) is 11.1 Å². The molecule has 1 saturated heterocycles. The maximum absolute atomic E-state index is 12.5. The molecule has 0 aliphatic carbocycles. The Hall–Kier alpha value is -2.31. The topological polar surface area (TPSA) is 42.0 Å². The quantitative estimate of drug-likeness (QED) is 0.698. The molecule has 0 bridgehead atoms. The molecule has 2 aromatic rings. The minimum Gasteiger partial charge on any atom is -0.454 e. The van der Waals surface area contributed by atoms with Crippen LogP contribution in [0.3, 0.4) is 0 Å². The standard InChI is InChI=1S/C21H21BrN2O3/c22-18-13-20-19(26-15-27-20)12-17(18)6-7-21(25)24-10-8-23(9-11-24)14-16-4-2-1-3-5-16/h1-7,12-13H,8-11,14-15H2/b7-6+. The van der Waals surface area contributed by atoms with E-state index < -0.39 is 0 Å². The van der Waals surface area contributed by atoms with Gasteiger partial charge in [-0.05, 0) is 29.3 Å². The Bertz CT molecular complexity index is 846. The molecular formula is C21H21BrN2O3. The summed E-state index contributed by atoms with van der Waals surface area (Å²) >= 11 is 3.52. The Kier molecular flexibility index (Phi) is 5.45. The Morgan fingerprint density at radius 2 is 1.74 bits per heavy atom. The molecule has 4 rings (SSSR count). The summed E-state index contributed by atoms with van der Waals surface area (Å²) in [7, 11) is 0. The van der Waals surface area contributed by atoms with Crippen LogP contribution in [0.4, 0.5) is 0 Å². The number of hydrogen-bond acceptors (Lipinski definition) is 4. The molecule has 5 nitrogen and oxygen atoms in total. The van der Waals surface area contributed by atoms with E-state index in [2.05, 4.69) is 45.1 Å². The van der Waals surface area contributed by atoms with Crippen LogP contribution in [0.5, 0.6) is 11.5 Å². The molecule has 0 N–H and O–H groups in total. The number of ether oxygens (including phenoxy) is 2. The maximum Gasteiger partial charge on any atom is 0.246 e. The normalized spacial score (nSPS) is 16.9. The van der Waals surface area contributed by atoms with E-state index in [1.54, 1.807) is 6.08 Å². The summed E-state index contributed by atoms with van der Waals surface area (Å²) in [6.07, 6.45) is 3.46.